The van der Waals surface area contributed by atoms with Crippen LogP contribution < -0.4 is 10.5 Å². The summed E-state index contributed by atoms with van der Waals surface area (Å²) in [6.07, 6.45) is 0. The van der Waals surface area contributed by atoms with Gasteiger partial charge < -0.3 is 10.5 Å². The predicted molar refractivity (Wildman–Crippen MR) is 77.9 cm³/mol. The maximum atomic E-state index is 6.33. The largest absolute Gasteiger partial charge is 0.497 e. The number of aryl methyl sites for hydroxylation is 1. The standard InChI is InChI=1S/C15H16BrNO/c1-10-6-7-12(16)9-14(10)15(17)11-4-3-5-13(8-11)18-2/h3-9,15H,17H2,1-2H3. The van der Waals surface area contributed by atoms with E-state index in [0.29, 0.717) is 0 Å². The molecule has 0 radical (unpaired) electrons. The number of hydrogen-bond donors (Lipinski definition) is 1. The van der Waals surface area contributed by atoms with E-state index in [1.165, 1.54) is 5.56 Å². The Morgan fingerprint density at radius 1 is 1.17 bits per heavy atom. The van der Waals surface area contributed by atoms with Gasteiger partial charge in [-0.2, -0.15) is 0 Å². The summed E-state index contributed by atoms with van der Waals surface area (Å²) in [7, 11) is 1.66. The second-order valence-corrected chi connectivity index (χ2v) is 5.17. The molecule has 3 heteroatoms. The molecule has 94 valence electrons. The normalized spacial score (nSPS) is 12.2. The fraction of sp³-hybridized carbons (Fsp3) is 0.200. The molecule has 0 bridgehead atoms. The summed E-state index contributed by atoms with van der Waals surface area (Å²) >= 11 is 3.49. The van der Waals surface area contributed by atoms with Crippen LogP contribution in [0, 0.1) is 6.92 Å². The summed E-state index contributed by atoms with van der Waals surface area (Å²) in [5, 5.41) is 0. The summed E-state index contributed by atoms with van der Waals surface area (Å²) in [4.78, 5) is 0. The highest BCUT2D eigenvalue weighted by Crippen LogP contribution is 2.27. The van der Waals surface area contributed by atoms with Crippen molar-refractivity contribution in [3.8, 4) is 5.75 Å². The molecule has 1 unspecified atom stereocenters. The van der Waals surface area contributed by atoms with Crippen molar-refractivity contribution in [2.24, 2.45) is 5.73 Å². The van der Waals surface area contributed by atoms with Crippen molar-refractivity contribution in [3.05, 3.63) is 63.6 Å². The molecule has 0 aliphatic heterocycles. The van der Waals surface area contributed by atoms with E-state index in [1.54, 1.807) is 7.11 Å². The number of halogens is 1. The molecule has 2 rings (SSSR count). The summed E-state index contributed by atoms with van der Waals surface area (Å²) in [5.74, 6) is 0.829. The van der Waals surface area contributed by atoms with E-state index in [0.717, 1.165) is 21.3 Å². The second kappa shape index (κ2) is 5.55. The molecule has 18 heavy (non-hydrogen) atoms. The number of methoxy groups -OCH3 is 1. The van der Waals surface area contributed by atoms with Crippen LogP contribution in [0.2, 0.25) is 0 Å². The summed E-state index contributed by atoms with van der Waals surface area (Å²) < 4.78 is 6.27. The van der Waals surface area contributed by atoms with E-state index < -0.39 is 0 Å². The molecule has 0 saturated heterocycles. The molecule has 2 aromatic rings. The molecule has 0 saturated carbocycles. The molecule has 0 amide bonds. The lowest BCUT2D eigenvalue weighted by atomic mass is 9.96. The topological polar surface area (TPSA) is 35.2 Å². The van der Waals surface area contributed by atoms with Crippen molar-refractivity contribution in [1.82, 2.24) is 0 Å². The molecule has 0 aliphatic rings. The van der Waals surface area contributed by atoms with E-state index in [2.05, 4.69) is 35.0 Å². The van der Waals surface area contributed by atoms with Gasteiger partial charge in [0.2, 0.25) is 0 Å². The monoisotopic (exact) mass is 305 g/mol. The van der Waals surface area contributed by atoms with E-state index in [1.807, 2.05) is 30.3 Å². The molecule has 0 aromatic heterocycles. The van der Waals surface area contributed by atoms with E-state index in [9.17, 15) is 0 Å². The zero-order valence-electron chi connectivity index (χ0n) is 10.5. The number of rotatable bonds is 3. The first-order valence-corrected chi connectivity index (χ1v) is 6.56. The first-order chi connectivity index (χ1) is 8.61. The van der Waals surface area contributed by atoms with Crippen LogP contribution >= 0.6 is 15.9 Å². The Morgan fingerprint density at radius 2 is 1.94 bits per heavy atom. The number of benzene rings is 2. The minimum atomic E-state index is -0.141. The molecule has 0 fully saturated rings. The lowest BCUT2D eigenvalue weighted by Crippen LogP contribution is -2.13. The van der Waals surface area contributed by atoms with Crippen molar-refractivity contribution in [3.63, 3.8) is 0 Å². The molecule has 0 spiro atoms. The van der Waals surface area contributed by atoms with E-state index in [-0.39, 0.29) is 6.04 Å². The van der Waals surface area contributed by atoms with Crippen LogP contribution in [0.25, 0.3) is 0 Å². The third-order valence-corrected chi connectivity index (χ3v) is 3.52. The zero-order valence-corrected chi connectivity index (χ0v) is 12.1. The van der Waals surface area contributed by atoms with Gasteiger partial charge in [0.1, 0.15) is 5.75 Å². The van der Waals surface area contributed by atoms with Crippen LogP contribution in [0.5, 0.6) is 5.75 Å². The van der Waals surface area contributed by atoms with Gasteiger partial charge >= 0.3 is 0 Å². The molecule has 0 heterocycles. The van der Waals surface area contributed by atoms with Crippen molar-refractivity contribution < 1.29 is 4.74 Å². The highest BCUT2D eigenvalue weighted by atomic mass is 79.9. The number of hydrogen-bond acceptors (Lipinski definition) is 2. The van der Waals surface area contributed by atoms with Gasteiger partial charge in [0.25, 0.3) is 0 Å². The van der Waals surface area contributed by atoms with Crippen LogP contribution in [-0.2, 0) is 0 Å². The predicted octanol–water partition coefficient (Wildman–Crippen LogP) is 3.81. The lowest BCUT2D eigenvalue weighted by molar-refractivity contribution is 0.414. The van der Waals surface area contributed by atoms with E-state index >= 15 is 0 Å². The molecular weight excluding hydrogens is 290 g/mol. The van der Waals surface area contributed by atoms with Gasteiger partial charge in [0.05, 0.1) is 13.2 Å². The van der Waals surface area contributed by atoms with Crippen molar-refractivity contribution in [2.45, 2.75) is 13.0 Å². The quantitative estimate of drug-likeness (QED) is 0.936. The Balaban J connectivity index is 2.40. The second-order valence-electron chi connectivity index (χ2n) is 4.26. The fourth-order valence-electron chi connectivity index (χ4n) is 1.96. The van der Waals surface area contributed by atoms with Crippen molar-refractivity contribution in [2.75, 3.05) is 7.11 Å². The van der Waals surface area contributed by atoms with Crippen molar-refractivity contribution in [1.29, 1.82) is 0 Å². The van der Waals surface area contributed by atoms with Crippen LogP contribution in [0.1, 0.15) is 22.7 Å². The van der Waals surface area contributed by atoms with Crippen LogP contribution in [0.3, 0.4) is 0 Å². The lowest BCUT2D eigenvalue weighted by Gasteiger charge is -2.16. The molecule has 1 atom stereocenters. The Bertz CT molecular complexity index is 554. The molecule has 2 aromatic carbocycles. The SMILES string of the molecule is COc1cccc(C(N)c2cc(Br)ccc2C)c1. The Kier molecular flexibility index (Phi) is 4.04. The highest BCUT2D eigenvalue weighted by Gasteiger charge is 2.12. The Morgan fingerprint density at radius 3 is 2.67 bits per heavy atom. The van der Waals surface area contributed by atoms with Gasteiger partial charge in [-0.1, -0.05) is 34.1 Å². The van der Waals surface area contributed by atoms with Gasteiger partial charge in [-0.25, -0.2) is 0 Å². The molecule has 2 N–H and O–H groups in total. The first-order valence-electron chi connectivity index (χ1n) is 5.77. The van der Waals surface area contributed by atoms with Gasteiger partial charge in [0.15, 0.2) is 0 Å². The van der Waals surface area contributed by atoms with Gasteiger partial charge in [-0.05, 0) is 47.9 Å². The highest BCUT2D eigenvalue weighted by molar-refractivity contribution is 9.10. The molecular formula is C15H16BrNO. The maximum absolute atomic E-state index is 6.33. The summed E-state index contributed by atoms with van der Waals surface area (Å²) in [6.45, 7) is 2.07. The fourth-order valence-corrected chi connectivity index (χ4v) is 2.34. The third kappa shape index (κ3) is 2.74. The maximum Gasteiger partial charge on any atom is 0.119 e. The Hall–Kier alpha value is -1.32. The minimum Gasteiger partial charge on any atom is -0.497 e. The smallest absolute Gasteiger partial charge is 0.119 e. The first kappa shape index (κ1) is 13.1. The van der Waals surface area contributed by atoms with Crippen LogP contribution in [0.4, 0.5) is 0 Å². The Labute approximate surface area is 116 Å². The van der Waals surface area contributed by atoms with E-state index in [4.69, 9.17) is 10.5 Å². The zero-order chi connectivity index (χ0) is 13.1. The number of ether oxygens (including phenoxy) is 1. The summed E-state index contributed by atoms with van der Waals surface area (Å²) in [6, 6.07) is 13.9. The average molecular weight is 306 g/mol. The van der Waals surface area contributed by atoms with Gasteiger partial charge in [0, 0.05) is 4.47 Å². The minimum absolute atomic E-state index is 0.141. The molecule has 0 aliphatic carbocycles. The average Bonchev–Trinajstić information content (AvgIpc) is 2.41. The van der Waals surface area contributed by atoms with Gasteiger partial charge in [-0.15, -0.1) is 0 Å². The summed E-state index contributed by atoms with van der Waals surface area (Å²) in [5.41, 5.74) is 9.70. The van der Waals surface area contributed by atoms with Crippen LogP contribution in [-0.4, -0.2) is 7.11 Å². The molecule has 2 nitrogen and oxygen atoms in total. The third-order valence-electron chi connectivity index (χ3n) is 3.03. The van der Waals surface area contributed by atoms with Gasteiger partial charge in [-0.3, -0.25) is 0 Å². The number of nitrogens with two attached hydrogens (primary N) is 1. The van der Waals surface area contributed by atoms with Crippen molar-refractivity contribution >= 4 is 15.9 Å². The van der Waals surface area contributed by atoms with Crippen LogP contribution in [0.15, 0.2) is 46.9 Å².